The minimum Gasteiger partial charge on any atom is -0.371 e. The highest BCUT2D eigenvalue weighted by atomic mass is 31.2. The topological polar surface area (TPSA) is 101 Å². The Kier molecular flexibility index (Phi) is 7.42. The second-order valence-electron chi connectivity index (χ2n) is 4.86. The zero-order chi connectivity index (χ0) is 15.2. The van der Waals surface area contributed by atoms with E-state index in [4.69, 9.17) is 19.0 Å². The van der Waals surface area contributed by atoms with Crippen molar-refractivity contribution in [3.05, 3.63) is 0 Å². The third kappa shape index (κ3) is 7.01. The first-order chi connectivity index (χ1) is 9.31. The van der Waals surface area contributed by atoms with Crippen LogP contribution in [0.3, 0.4) is 0 Å². The fourth-order valence-corrected chi connectivity index (χ4v) is 3.33. The van der Waals surface area contributed by atoms with Gasteiger partial charge in [-0.05, 0) is 13.3 Å². The number of nitriles is 1. The summed E-state index contributed by atoms with van der Waals surface area (Å²) < 4.78 is 27.7. The van der Waals surface area contributed by atoms with Gasteiger partial charge in [0.25, 0.3) is 8.18 Å². The van der Waals surface area contributed by atoms with Crippen molar-refractivity contribution in [2.75, 3.05) is 19.9 Å². The second kappa shape index (κ2) is 8.31. The Morgan fingerprint density at radius 3 is 3.00 bits per heavy atom. The average Bonchev–Trinajstić information content (AvgIpc) is 2.66. The predicted molar refractivity (Wildman–Crippen MR) is 79.2 cm³/mol. The SMILES string of the molecule is C=P(C)(O)OC[C@H]1O[C@@H](C)C[C@@H]1N[PH](=O)OCCC#N. The van der Waals surface area contributed by atoms with E-state index in [0.29, 0.717) is 6.42 Å². The molecule has 5 atom stereocenters. The lowest BCUT2D eigenvalue weighted by Crippen LogP contribution is -2.35. The van der Waals surface area contributed by atoms with E-state index in [0.717, 1.165) is 0 Å². The molecule has 0 aromatic carbocycles. The fraction of sp³-hybridized carbons (Fsp3) is 0.818. The van der Waals surface area contributed by atoms with Crippen LogP contribution in [0.5, 0.6) is 0 Å². The molecule has 1 aliphatic rings. The number of hydrogen-bond acceptors (Lipinski definition) is 6. The molecule has 2 N–H and O–H groups in total. The molecule has 0 spiro atoms. The van der Waals surface area contributed by atoms with Gasteiger partial charge in [-0.2, -0.15) is 5.26 Å². The Labute approximate surface area is 120 Å². The van der Waals surface area contributed by atoms with Crippen LogP contribution >= 0.6 is 15.5 Å². The van der Waals surface area contributed by atoms with Crippen molar-refractivity contribution in [1.29, 1.82) is 5.26 Å². The average molecular weight is 324 g/mol. The van der Waals surface area contributed by atoms with Crippen LogP contribution in [0, 0.1) is 11.3 Å². The molecule has 0 aromatic heterocycles. The van der Waals surface area contributed by atoms with Crippen LogP contribution in [0.4, 0.5) is 0 Å². The van der Waals surface area contributed by atoms with Gasteiger partial charge in [0.1, 0.15) is 7.34 Å². The van der Waals surface area contributed by atoms with Crippen LogP contribution in [-0.2, 0) is 18.3 Å². The van der Waals surface area contributed by atoms with Crippen molar-refractivity contribution in [2.24, 2.45) is 0 Å². The molecule has 9 heteroatoms. The second-order valence-corrected chi connectivity index (χ2v) is 8.37. The van der Waals surface area contributed by atoms with Gasteiger partial charge in [-0.1, -0.05) is 6.30 Å². The van der Waals surface area contributed by atoms with E-state index in [9.17, 15) is 9.46 Å². The van der Waals surface area contributed by atoms with Crippen molar-refractivity contribution in [2.45, 2.75) is 38.0 Å². The summed E-state index contributed by atoms with van der Waals surface area (Å²) in [5, 5.41) is 11.3. The van der Waals surface area contributed by atoms with Gasteiger partial charge in [0, 0.05) is 12.7 Å². The van der Waals surface area contributed by atoms with Gasteiger partial charge >= 0.3 is 0 Å². The molecule has 1 saturated heterocycles. The number of nitrogens with zero attached hydrogens (tertiary/aromatic N) is 1. The lowest BCUT2D eigenvalue weighted by atomic mass is 10.1. The van der Waals surface area contributed by atoms with E-state index in [1.165, 1.54) is 0 Å². The molecule has 1 fully saturated rings. The van der Waals surface area contributed by atoms with E-state index in [1.54, 1.807) is 6.66 Å². The van der Waals surface area contributed by atoms with Gasteiger partial charge in [0.15, 0.2) is 0 Å². The summed E-state index contributed by atoms with van der Waals surface area (Å²) >= 11 is 0. The number of rotatable bonds is 8. The summed E-state index contributed by atoms with van der Waals surface area (Å²) in [4.78, 5) is 9.55. The standard InChI is InChI=1S/C11H22N2O5P2/c1-9-7-10(13-19(14)16-6-4-5-12)11(18-9)8-17-20(2,3)15/h9-11,15,19H,2,4,6-8H2,1,3H3,(H,13,14)/t9-,10-,11+,20?/m0/s1. The van der Waals surface area contributed by atoms with Crippen LogP contribution in [-0.4, -0.2) is 49.3 Å². The molecule has 1 aliphatic heterocycles. The van der Waals surface area contributed by atoms with Crippen LogP contribution in [0.1, 0.15) is 19.8 Å². The molecule has 0 amide bonds. The molecule has 7 nitrogen and oxygen atoms in total. The zero-order valence-electron chi connectivity index (χ0n) is 11.7. The van der Waals surface area contributed by atoms with Gasteiger partial charge in [0.05, 0.1) is 37.9 Å². The Morgan fingerprint density at radius 2 is 2.40 bits per heavy atom. The minimum absolute atomic E-state index is 0.0168. The summed E-state index contributed by atoms with van der Waals surface area (Å²) in [6, 6.07) is 1.76. The largest absolute Gasteiger partial charge is 0.371 e. The predicted octanol–water partition coefficient (Wildman–Crippen LogP) is 1.36. The van der Waals surface area contributed by atoms with Crippen molar-refractivity contribution < 1.29 is 23.2 Å². The first-order valence-corrected chi connectivity index (χ1v) is 9.96. The fourth-order valence-electron chi connectivity index (χ4n) is 1.88. The molecule has 0 saturated carbocycles. The minimum atomic E-state index is -2.57. The van der Waals surface area contributed by atoms with E-state index >= 15 is 0 Å². The van der Waals surface area contributed by atoms with Crippen LogP contribution < -0.4 is 5.09 Å². The highest BCUT2D eigenvalue weighted by molar-refractivity contribution is 7.62. The molecule has 2 unspecified atom stereocenters. The zero-order valence-corrected chi connectivity index (χ0v) is 13.6. The van der Waals surface area contributed by atoms with Gasteiger partial charge in [-0.25, -0.2) is 5.09 Å². The van der Waals surface area contributed by atoms with Crippen molar-refractivity contribution >= 4 is 21.8 Å². The molecule has 0 radical (unpaired) electrons. The first kappa shape index (κ1) is 17.9. The summed E-state index contributed by atoms with van der Waals surface area (Å²) in [5.74, 6) is 0. The van der Waals surface area contributed by atoms with Crippen LogP contribution in [0.15, 0.2) is 0 Å². The van der Waals surface area contributed by atoms with Gasteiger partial charge in [-0.3, -0.25) is 4.57 Å². The number of ether oxygens (including phenoxy) is 1. The lowest BCUT2D eigenvalue weighted by molar-refractivity contribution is 0.0210. The summed E-state index contributed by atoms with van der Waals surface area (Å²) in [5.41, 5.74) is 0. The van der Waals surface area contributed by atoms with Crippen molar-refractivity contribution in [3.8, 4) is 6.07 Å². The van der Waals surface area contributed by atoms with E-state index in [1.807, 2.05) is 13.0 Å². The van der Waals surface area contributed by atoms with E-state index in [-0.39, 0.29) is 37.9 Å². The van der Waals surface area contributed by atoms with Crippen LogP contribution in [0.2, 0.25) is 0 Å². The van der Waals surface area contributed by atoms with Gasteiger partial charge < -0.3 is 18.7 Å². The molecular formula is C11H22N2O5P2. The van der Waals surface area contributed by atoms with Gasteiger partial charge in [0.2, 0.25) is 0 Å². The summed E-state index contributed by atoms with van der Waals surface area (Å²) in [6.07, 6.45) is 4.15. The normalized spacial score (nSPS) is 30.6. The van der Waals surface area contributed by atoms with Crippen molar-refractivity contribution in [1.82, 2.24) is 5.09 Å². The first-order valence-electron chi connectivity index (χ1n) is 6.35. The maximum absolute atomic E-state index is 11.7. The Bertz CT molecular complexity index is 420. The smallest absolute Gasteiger partial charge is 0.258 e. The molecular weight excluding hydrogens is 302 g/mol. The highest BCUT2D eigenvalue weighted by Gasteiger charge is 2.34. The molecule has 0 aromatic rings. The van der Waals surface area contributed by atoms with Crippen LogP contribution in [0.25, 0.3) is 0 Å². The monoisotopic (exact) mass is 324 g/mol. The molecule has 0 bridgehead atoms. The number of hydrogen-bond donors (Lipinski definition) is 2. The Morgan fingerprint density at radius 1 is 1.70 bits per heavy atom. The maximum atomic E-state index is 11.7. The Balaban J connectivity index is 2.43. The maximum Gasteiger partial charge on any atom is 0.258 e. The van der Waals surface area contributed by atoms with Crippen molar-refractivity contribution in [3.63, 3.8) is 0 Å². The third-order valence-electron chi connectivity index (χ3n) is 2.71. The molecule has 0 aliphatic carbocycles. The molecule has 20 heavy (non-hydrogen) atoms. The van der Waals surface area contributed by atoms with E-state index < -0.39 is 15.5 Å². The molecule has 1 rings (SSSR count). The Hall–Kier alpha value is -0.180. The quantitative estimate of drug-likeness (QED) is 0.513. The van der Waals surface area contributed by atoms with E-state index in [2.05, 4.69) is 11.4 Å². The van der Waals surface area contributed by atoms with Gasteiger partial charge in [-0.15, -0.1) is 0 Å². The number of nitrogens with one attached hydrogen (secondary N) is 1. The highest BCUT2D eigenvalue weighted by Crippen LogP contribution is 2.37. The summed E-state index contributed by atoms with van der Waals surface area (Å²) in [6.45, 7) is 3.80. The lowest BCUT2D eigenvalue weighted by Gasteiger charge is -2.21. The molecule has 1 heterocycles. The third-order valence-corrected chi connectivity index (χ3v) is 4.49. The molecule has 116 valence electrons. The summed E-state index contributed by atoms with van der Waals surface area (Å²) in [7, 11) is -4.97.